The van der Waals surface area contributed by atoms with Crippen LogP contribution in [0.25, 0.3) is 0 Å². The van der Waals surface area contributed by atoms with Crippen LogP contribution in [0.2, 0.25) is 0 Å². The molecule has 12 heavy (non-hydrogen) atoms. The van der Waals surface area contributed by atoms with Crippen molar-refractivity contribution >= 4 is 10.5 Å². The van der Waals surface area contributed by atoms with Crippen molar-refractivity contribution < 1.29 is 18.9 Å². The predicted octanol–water partition coefficient (Wildman–Crippen LogP) is 0.287. The molecule has 3 N–H and O–H groups in total. The third kappa shape index (κ3) is 1.89. The zero-order chi connectivity index (χ0) is 9.19. The number of hydrogen-bond donors (Lipinski definition) is 1. The number of quaternary nitrogens is 1. The van der Waals surface area contributed by atoms with Crippen LogP contribution < -0.4 is 5.90 Å². The maximum atomic E-state index is 11.0. The first-order chi connectivity index (χ1) is 5.56. The summed E-state index contributed by atoms with van der Waals surface area (Å²) in [7, 11) is -3.63. The molecule has 4 nitrogen and oxygen atoms in total. The van der Waals surface area contributed by atoms with Crippen LogP contribution in [0.4, 0.5) is 0 Å². The fourth-order valence-corrected chi connectivity index (χ4v) is 1.38. The van der Waals surface area contributed by atoms with Gasteiger partial charge >= 0.3 is 10.5 Å². The Bertz CT molecular complexity index is 309. The Balaban J connectivity index is 3.05. The van der Waals surface area contributed by atoms with E-state index in [4.69, 9.17) is 0 Å². The molecule has 0 aliphatic heterocycles. The second-order valence-electron chi connectivity index (χ2n) is 2.39. The third-order valence-electron chi connectivity index (χ3n) is 1.46. The fourth-order valence-electron chi connectivity index (χ4n) is 0.773. The largest absolute Gasteiger partial charge is 0.482 e. The smallest absolute Gasteiger partial charge is 0.158 e. The fraction of sp³-hybridized carbons (Fsp3) is 0.143. The highest BCUT2D eigenvalue weighted by Gasteiger charge is 2.36. The van der Waals surface area contributed by atoms with Gasteiger partial charge in [0.05, 0.1) is 8.84 Å². The maximum absolute atomic E-state index is 11.0. The molecule has 1 atom stereocenters. The summed E-state index contributed by atoms with van der Waals surface area (Å²) in [6, 6.07) is 6.36. The first-order valence-corrected chi connectivity index (χ1v) is 4.72. The Hall–Kier alpha value is -0.750. The molecule has 0 saturated carbocycles. The van der Waals surface area contributed by atoms with E-state index in [0.29, 0.717) is 0 Å². The molecule has 1 aromatic carbocycles. The summed E-state index contributed by atoms with van der Waals surface area (Å²) >= 11 is 0. The molecule has 0 bridgehead atoms. The van der Waals surface area contributed by atoms with E-state index in [2.05, 4.69) is 10.2 Å². The lowest BCUT2D eigenvalue weighted by Crippen LogP contribution is -2.52. The molecule has 1 rings (SSSR count). The van der Waals surface area contributed by atoms with E-state index in [0.717, 1.165) is 5.56 Å². The molecule has 0 aliphatic carbocycles. The van der Waals surface area contributed by atoms with Gasteiger partial charge in [0.2, 0.25) is 4.90 Å². The molecule has 0 aromatic heterocycles. The lowest BCUT2D eigenvalue weighted by Gasteiger charge is -1.93. The number of aryl methyl sites for hydroxylation is 1. The van der Waals surface area contributed by atoms with E-state index < -0.39 is 10.5 Å². The Morgan fingerprint density at radius 1 is 1.33 bits per heavy atom. The maximum Gasteiger partial charge on any atom is 0.482 e. The molecule has 0 fully saturated rings. The molecule has 0 aliphatic rings. The summed E-state index contributed by atoms with van der Waals surface area (Å²) in [6.45, 7) is 1.88. The number of rotatable bonds is 2. The molecule has 0 spiro atoms. The van der Waals surface area contributed by atoms with Gasteiger partial charge in [-0.15, -0.1) is 0 Å². The molecular weight excluding hydrogens is 178 g/mol. The zero-order valence-corrected chi connectivity index (χ0v) is 7.47. The van der Waals surface area contributed by atoms with Crippen molar-refractivity contribution in [3.05, 3.63) is 29.8 Å². The van der Waals surface area contributed by atoms with Crippen LogP contribution >= 0.6 is 0 Å². The third-order valence-corrected chi connectivity index (χ3v) is 2.62. The molecule has 5 heteroatoms. The highest BCUT2D eigenvalue weighted by Crippen LogP contribution is 2.16. The molecule has 1 unspecified atom stereocenters. The lowest BCUT2D eigenvalue weighted by molar-refractivity contribution is -0.637. The van der Waals surface area contributed by atoms with Crippen molar-refractivity contribution in [1.29, 1.82) is 0 Å². The van der Waals surface area contributed by atoms with Crippen molar-refractivity contribution in [2.45, 2.75) is 11.8 Å². The van der Waals surface area contributed by atoms with Crippen LogP contribution in [0, 0.1) is 6.92 Å². The Labute approximate surface area is 71.8 Å². The van der Waals surface area contributed by atoms with Crippen molar-refractivity contribution in [2.75, 3.05) is 0 Å². The van der Waals surface area contributed by atoms with E-state index in [9.17, 15) is 8.76 Å². The van der Waals surface area contributed by atoms with Crippen LogP contribution in [-0.2, 0) is 23.5 Å². The van der Waals surface area contributed by atoms with Gasteiger partial charge < -0.3 is 0 Å². The van der Waals surface area contributed by atoms with Crippen LogP contribution in [0.1, 0.15) is 5.56 Å². The Morgan fingerprint density at radius 2 is 1.83 bits per heavy atom. The quantitative estimate of drug-likeness (QED) is 0.535. The summed E-state index contributed by atoms with van der Waals surface area (Å²) in [5.74, 6) is 2.87. The normalized spacial score (nSPS) is 15.6. The topological polar surface area (TPSA) is 73.8 Å². The SMILES string of the molecule is Cc1ccc([S+]([O])(=O)O[NH3+])cc1. The van der Waals surface area contributed by atoms with Gasteiger partial charge in [0.25, 0.3) is 0 Å². The minimum absolute atomic E-state index is 0.128. The van der Waals surface area contributed by atoms with E-state index in [1.165, 1.54) is 12.1 Å². The van der Waals surface area contributed by atoms with Crippen LogP contribution in [0.15, 0.2) is 29.2 Å². The number of hydrogen-bond acceptors (Lipinski definition) is 2. The standard InChI is InChI=1S/C7H10NO3S/c1-6-2-4-7(5-3-6)12(9,10)11-8/h2-5H,1,8H3/q+2. The summed E-state index contributed by atoms with van der Waals surface area (Å²) in [5.41, 5.74) is 0.998. The van der Waals surface area contributed by atoms with Crippen LogP contribution in [0.3, 0.4) is 0 Å². The Morgan fingerprint density at radius 3 is 2.25 bits per heavy atom. The predicted molar refractivity (Wildman–Crippen MR) is 42.2 cm³/mol. The summed E-state index contributed by atoms with van der Waals surface area (Å²) in [4.78, 5) is 0.128. The second kappa shape index (κ2) is 3.32. The second-order valence-corrected chi connectivity index (χ2v) is 4.00. The molecular formula is C7H10NO3S+2. The number of benzene rings is 1. The van der Waals surface area contributed by atoms with Gasteiger partial charge in [0, 0.05) is 12.1 Å². The molecule has 0 heterocycles. The highest BCUT2D eigenvalue weighted by molar-refractivity contribution is 7.92. The van der Waals surface area contributed by atoms with Gasteiger partial charge in [-0.1, -0.05) is 17.7 Å². The van der Waals surface area contributed by atoms with Gasteiger partial charge in [-0.25, -0.2) is 0 Å². The van der Waals surface area contributed by atoms with Crippen molar-refractivity contribution in [3.63, 3.8) is 0 Å². The van der Waals surface area contributed by atoms with E-state index in [-0.39, 0.29) is 4.90 Å². The minimum atomic E-state index is -3.63. The average molecular weight is 188 g/mol. The molecule has 1 aromatic rings. The van der Waals surface area contributed by atoms with E-state index in [1.54, 1.807) is 12.1 Å². The first-order valence-electron chi connectivity index (χ1n) is 3.31. The summed E-state index contributed by atoms with van der Waals surface area (Å²) in [6.07, 6.45) is 0. The molecule has 0 amide bonds. The van der Waals surface area contributed by atoms with Gasteiger partial charge in [0.1, 0.15) is 0 Å². The monoisotopic (exact) mass is 188 g/mol. The van der Waals surface area contributed by atoms with E-state index in [1.807, 2.05) is 6.92 Å². The molecule has 65 valence electrons. The molecule has 1 radical (unpaired) electrons. The van der Waals surface area contributed by atoms with Crippen molar-refractivity contribution in [1.82, 2.24) is 0 Å². The minimum Gasteiger partial charge on any atom is -0.158 e. The van der Waals surface area contributed by atoms with Crippen molar-refractivity contribution in [3.8, 4) is 0 Å². The lowest BCUT2D eigenvalue weighted by atomic mass is 10.2. The van der Waals surface area contributed by atoms with Gasteiger partial charge in [-0.05, 0) is 11.1 Å². The Kier molecular flexibility index (Phi) is 2.58. The zero-order valence-electron chi connectivity index (χ0n) is 6.65. The van der Waals surface area contributed by atoms with E-state index >= 15 is 0 Å². The van der Waals surface area contributed by atoms with Gasteiger partial charge in [-0.3, -0.25) is 0 Å². The summed E-state index contributed by atoms with van der Waals surface area (Å²) < 4.78 is 26.1. The molecule has 0 saturated heterocycles. The van der Waals surface area contributed by atoms with Gasteiger partial charge in [0.15, 0.2) is 0 Å². The first kappa shape index (κ1) is 9.34. The van der Waals surface area contributed by atoms with Crippen molar-refractivity contribution in [2.24, 2.45) is 0 Å². The summed E-state index contributed by atoms with van der Waals surface area (Å²) in [5, 5.41) is 0. The highest BCUT2D eigenvalue weighted by atomic mass is 32.3. The average Bonchev–Trinajstić information content (AvgIpc) is 2.05. The van der Waals surface area contributed by atoms with Crippen LogP contribution in [0.5, 0.6) is 0 Å². The van der Waals surface area contributed by atoms with Crippen LogP contribution in [-0.4, -0.2) is 0 Å². The van der Waals surface area contributed by atoms with Gasteiger partial charge in [-0.2, -0.15) is 5.90 Å².